The van der Waals surface area contributed by atoms with Crippen LogP contribution in [0, 0.1) is 6.92 Å². The van der Waals surface area contributed by atoms with Crippen LogP contribution >= 0.6 is 50.5 Å². The van der Waals surface area contributed by atoms with E-state index in [0.717, 1.165) is 28.3 Å². The van der Waals surface area contributed by atoms with Crippen molar-refractivity contribution in [2.24, 2.45) is 0 Å². The van der Waals surface area contributed by atoms with Crippen molar-refractivity contribution >= 4 is 61.8 Å². The molecule has 0 saturated carbocycles. The molecule has 122 valence electrons. The molecule has 0 bridgehead atoms. The molecule has 1 aromatic heterocycles. The maximum atomic E-state index is 13.3. The Kier molecular flexibility index (Phi) is 5.61. The van der Waals surface area contributed by atoms with Gasteiger partial charge in [0.25, 0.3) is 0 Å². The van der Waals surface area contributed by atoms with E-state index in [1.165, 1.54) is 12.1 Å². The lowest BCUT2D eigenvalue weighted by molar-refractivity contribution is -0.0689. The molecule has 0 spiro atoms. The quantitative estimate of drug-likeness (QED) is 0.370. The molecule has 0 atom stereocenters. The first-order chi connectivity index (χ1) is 10.6. The highest BCUT2D eigenvalue weighted by Crippen LogP contribution is 2.37. The van der Waals surface area contributed by atoms with Crippen molar-refractivity contribution < 1.29 is 18.0 Å². The summed E-state index contributed by atoms with van der Waals surface area (Å²) in [6.07, 6.45) is -4.15. The molecule has 0 aliphatic rings. The Bertz CT molecular complexity index is 757. The molecule has 0 radical (unpaired) electrons. The van der Waals surface area contributed by atoms with Gasteiger partial charge >= 0.3 is 6.18 Å². The molecule has 1 heterocycles. The number of hydrogen-bond donors (Lipinski definition) is 0. The highest BCUT2D eigenvalue weighted by Gasteiger charge is 2.35. The molecule has 23 heavy (non-hydrogen) atoms. The van der Waals surface area contributed by atoms with Gasteiger partial charge in [-0.1, -0.05) is 23.2 Å². The molecule has 8 heteroatoms. The molecule has 0 saturated heterocycles. The third-order valence-corrected chi connectivity index (χ3v) is 5.44. The molecule has 0 amide bonds. The van der Waals surface area contributed by atoms with Crippen LogP contribution in [-0.2, 0) is 0 Å². The topological polar surface area (TPSA) is 17.1 Å². The fraction of sp³-hybridized carbons (Fsp3) is 0.133. The van der Waals surface area contributed by atoms with E-state index in [-0.39, 0.29) is 20.5 Å². The van der Waals surface area contributed by atoms with Gasteiger partial charge in [-0.15, -0.1) is 11.3 Å². The van der Waals surface area contributed by atoms with E-state index >= 15 is 0 Å². The lowest BCUT2D eigenvalue weighted by atomic mass is 10.0. The molecule has 1 nitrogen and oxygen atoms in total. The number of alkyl halides is 3. The highest BCUT2D eigenvalue weighted by molar-refractivity contribution is 9.10. The molecule has 0 fully saturated rings. The number of rotatable bonds is 3. The summed E-state index contributed by atoms with van der Waals surface area (Å²) in [7, 11) is 0. The van der Waals surface area contributed by atoms with Crippen molar-refractivity contribution in [1.82, 2.24) is 0 Å². The Morgan fingerprint density at radius 1 is 1.17 bits per heavy atom. The summed E-state index contributed by atoms with van der Waals surface area (Å²) in [5, 5.41) is 0.120. The Hall–Kier alpha value is -0.820. The van der Waals surface area contributed by atoms with Gasteiger partial charge in [0.2, 0.25) is 0 Å². The number of hydrogen-bond acceptors (Lipinski definition) is 2. The summed E-state index contributed by atoms with van der Waals surface area (Å²) in [4.78, 5) is 13.2. The first-order valence-electron chi connectivity index (χ1n) is 6.13. The van der Waals surface area contributed by atoms with Gasteiger partial charge in [-0.2, -0.15) is 13.2 Å². The maximum Gasteiger partial charge on any atom is 0.417 e. The van der Waals surface area contributed by atoms with Crippen molar-refractivity contribution in [3.8, 4) is 0 Å². The zero-order valence-corrected chi connectivity index (χ0v) is 15.4. The molecule has 0 aliphatic heterocycles. The third kappa shape index (κ3) is 4.59. The minimum absolute atomic E-state index is 0.0600. The van der Waals surface area contributed by atoms with E-state index in [9.17, 15) is 18.0 Å². The number of carbonyl (C=O) groups is 1. The summed E-state index contributed by atoms with van der Waals surface area (Å²) >= 11 is 15.9. The van der Waals surface area contributed by atoms with Crippen LogP contribution in [0.3, 0.4) is 0 Å². The predicted molar refractivity (Wildman–Crippen MR) is 91.6 cm³/mol. The monoisotopic (exact) mass is 442 g/mol. The number of carbonyl (C=O) groups excluding carboxylic acids is 1. The Morgan fingerprint density at radius 2 is 1.74 bits per heavy atom. The van der Waals surface area contributed by atoms with Gasteiger partial charge in [-0.25, -0.2) is 0 Å². The van der Waals surface area contributed by atoms with Crippen molar-refractivity contribution in [3.63, 3.8) is 0 Å². The van der Waals surface area contributed by atoms with Gasteiger partial charge in [-0.05, 0) is 58.8 Å². The maximum absolute atomic E-state index is 13.3. The van der Waals surface area contributed by atoms with E-state index in [2.05, 4.69) is 15.9 Å². The zero-order chi connectivity index (χ0) is 17.4. The third-order valence-electron chi connectivity index (χ3n) is 2.85. The standard InChI is InChI=1S/C15H8BrCl2F3OS/c1-7-12(16)6-14(23-7)13(22)5-11(15(19,20)21)8-2-9(17)4-10(18)3-8/h2-6H,1H3/b11-5+. The van der Waals surface area contributed by atoms with Crippen LogP contribution in [0.4, 0.5) is 13.2 Å². The first-order valence-corrected chi connectivity index (χ1v) is 8.50. The highest BCUT2D eigenvalue weighted by atomic mass is 79.9. The number of thiophene rings is 1. The summed E-state index contributed by atoms with van der Waals surface area (Å²) in [5.74, 6) is -0.729. The summed E-state index contributed by atoms with van der Waals surface area (Å²) in [6, 6.07) is 5.06. The minimum atomic E-state index is -4.72. The fourth-order valence-corrected chi connectivity index (χ4v) is 3.79. The van der Waals surface area contributed by atoms with E-state index in [0.29, 0.717) is 10.5 Å². The average Bonchev–Trinajstić information content (AvgIpc) is 2.73. The predicted octanol–water partition coefficient (Wildman–Crippen LogP) is 6.95. The minimum Gasteiger partial charge on any atom is -0.288 e. The Balaban J connectivity index is 2.52. The van der Waals surface area contributed by atoms with Crippen molar-refractivity contribution in [3.05, 3.63) is 60.2 Å². The van der Waals surface area contributed by atoms with Crippen LogP contribution in [0.15, 0.2) is 34.8 Å². The van der Waals surface area contributed by atoms with Gasteiger partial charge in [-0.3, -0.25) is 4.79 Å². The van der Waals surface area contributed by atoms with Gasteiger partial charge < -0.3 is 0 Å². The number of halogens is 6. The lowest BCUT2D eigenvalue weighted by Gasteiger charge is -2.12. The fourth-order valence-electron chi connectivity index (χ4n) is 1.82. The number of benzene rings is 1. The normalized spacial score (nSPS) is 12.6. The van der Waals surface area contributed by atoms with Gasteiger partial charge in [0.05, 0.1) is 10.5 Å². The Morgan fingerprint density at radius 3 is 2.17 bits per heavy atom. The van der Waals surface area contributed by atoms with Gasteiger partial charge in [0.1, 0.15) is 0 Å². The number of allylic oxidation sites excluding steroid dienone is 2. The van der Waals surface area contributed by atoms with Crippen LogP contribution < -0.4 is 0 Å². The second kappa shape index (κ2) is 6.97. The molecular weight excluding hydrogens is 436 g/mol. The van der Waals surface area contributed by atoms with Crippen molar-refractivity contribution in [2.45, 2.75) is 13.1 Å². The summed E-state index contributed by atoms with van der Waals surface area (Å²) in [6.45, 7) is 1.76. The summed E-state index contributed by atoms with van der Waals surface area (Å²) in [5.41, 5.74) is -1.34. The zero-order valence-electron chi connectivity index (χ0n) is 11.5. The SMILES string of the molecule is Cc1sc(C(=O)/C=C(\c2cc(Cl)cc(Cl)c2)C(F)(F)F)cc1Br. The average molecular weight is 444 g/mol. The van der Waals surface area contributed by atoms with Crippen LogP contribution in [0.1, 0.15) is 20.1 Å². The molecule has 2 rings (SSSR count). The smallest absolute Gasteiger partial charge is 0.288 e. The van der Waals surface area contributed by atoms with Gasteiger partial charge in [0.15, 0.2) is 5.78 Å². The molecule has 0 aliphatic carbocycles. The Labute approximate surface area is 152 Å². The van der Waals surface area contributed by atoms with Crippen LogP contribution in [0.5, 0.6) is 0 Å². The van der Waals surface area contributed by atoms with Crippen LogP contribution in [0.25, 0.3) is 5.57 Å². The van der Waals surface area contributed by atoms with Crippen LogP contribution in [0.2, 0.25) is 10.0 Å². The molecule has 0 N–H and O–H groups in total. The molecule has 0 unspecified atom stereocenters. The van der Waals surface area contributed by atoms with Crippen molar-refractivity contribution in [1.29, 1.82) is 0 Å². The number of aryl methyl sites for hydroxylation is 1. The van der Waals surface area contributed by atoms with Gasteiger partial charge in [0, 0.05) is 19.4 Å². The number of ketones is 1. The first kappa shape index (κ1) is 18.5. The van der Waals surface area contributed by atoms with Crippen LogP contribution in [-0.4, -0.2) is 12.0 Å². The van der Waals surface area contributed by atoms with E-state index in [1.54, 1.807) is 6.92 Å². The van der Waals surface area contributed by atoms with E-state index < -0.39 is 17.5 Å². The van der Waals surface area contributed by atoms with Crippen molar-refractivity contribution in [2.75, 3.05) is 0 Å². The second-order valence-electron chi connectivity index (χ2n) is 4.59. The summed E-state index contributed by atoms with van der Waals surface area (Å²) < 4.78 is 40.6. The molecule has 2 aromatic rings. The van der Waals surface area contributed by atoms with E-state index in [4.69, 9.17) is 23.2 Å². The molecule has 1 aromatic carbocycles. The molecular formula is C15H8BrCl2F3OS. The lowest BCUT2D eigenvalue weighted by Crippen LogP contribution is -2.12. The largest absolute Gasteiger partial charge is 0.417 e. The second-order valence-corrected chi connectivity index (χ2v) is 7.58. The van der Waals surface area contributed by atoms with E-state index in [1.807, 2.05) is 0 Å².